The van der Waals surface area contributed by atoms with Crippen molar-refractivity contribution in [3.63, 3.8) is 0 Å². The SMILES string of the molecule is CN1C(=O)ONC1c1ccccc1-c1ccc(CNc2ncccc2NC(=O)C(F)(F)C(F)(F)F)cc1. The van der Waals surface area contributed by atoms with Crippen LogP contribution in [0.1, 0.15) is 17.3 Å². The number of anilines is 2. The lowest BCUT2D eigenvalue weighted by molar-refractivity contribution is -0.267. The van der Waals surface area contributed by atoms with E-state index in [1.807, 2.05) is 36.4 Å². The Hall–Kier alpha value is -4.26. The maximum atomic E-state index is 13.3. The summed E-state index contributed by atoms with van der Waals surface area (Å²) in [5, 5.41) is 4.41. The molecule has 1 fully saturated rings. The maximum absolute atomic E-state index is 13.3. The van der Waals surface area contributed by atoms with Crippen molar-refractivity contribution in [3.8, 4) is 11.1 Å². The first kappa shape index (κ1) is 25.8. The molecule has 2 heterocycles. The van der Waals surface area contributed by atoms with Crippen molar-refractivity contribution in [1.29, 1.82) is 0 Å². The molecule has 8 nitrogen and oxygen atoms in total. The van der Waals surface area contributed by atoms with Crippen molar-refractivity contribution in [2.24, 2.45) is 0 Å². The van der Waals surface area contributed by atoms with Crippen molar-refractivity contribution < 1.29 is 36.4 Å². The minimum Gasteiger partial charge on any atom is -0.364 e. The van der Waals surface area contributed by atoms with Crippen molar-refractivity contribution in [3.05, 3.63) is 78.0 Å². The summed E-state index contributed by atoms with van der Waals surface area (Å²) in [5.41, 5.74) is 5.60. The number of amides is 2. The molecule has 0 aliphatic carbocycles. The van der Waals surface area contributed by atoms with Gasteiger partial charge in [0.1, 0.15) is 12.0 Å². The molecule has 4 rings (SSSR count). The normalized spacial score (nSPS) is 15.9. The van der Waals surface area contributed by atoms with Crippen LogP contribution in [0.4, 0.5) is 38.3 Å². The second-order valence-corrected chi connectivity index (χ2v) is 8.06. The Morgan fingerprint density at radius 2 is 1.76 bits per heavy atom. The summed E-state index contributed by atoms with van der Waals surface area (Å²) >= 11 is 0. The molecule has 1 atom stereocenters. The minimum absolute atomic E-state index is 0.0803. The Balaban J connectivity index is 1.47. The quantitative estimate of drug-likeness (QED) is 0.376. The van der Waals surface area contributed by atoms with Crippen LogP contribution in [-0.2, 0) is 16.2 Å². The summed E-state index contributed by atoms with van der Waals surface area (Å²) < 4.78 is 64.1. The van der Waals surface area contributed by atoms with Crippen LogP contribution in [0.2, 0.25) is 0 Å². The first-order valence-electron chi connectivity index (χ1n) is 10.8. The average Bonchev–Trinajstić information content (AvgIpc) is 3.21. The van der Waals surface area contributed by atoms with Crippen molar-refractivity contribution in [1.82, 2.24) is 15.4 Å². The highest BCUT2D eigenvalue weighted by Crippen LogP contribution is 2.37. The lowest BCUT2D eigenvalue weighted by Crippen LogP contribution is -2.47. The predicted octanol–water partition coefficient (Wildman–Crippen LogP) is 5.08. The van der Waals surface area contributed by atoms with Gasteiger partial charge < -0.3 is 15.5 Å². The Labute approximate surface area is 207 Å². The first-order valence-corrected chi connectivity index (χ1v) is 10.8. The molecule has 0 saturated carbocycles. The molecule has 0 radical (unpaired) electrons. The van der Waals surface area contributed by atoms with E-state index < -0.39 is 30.3 Å². The number of rotatable bonds is 7. The number of benzene rings is 2. The largest absolute Gasteiger partial charge is 0.463 e. The third-order valence-corrected chi connectivity index (χ3v) is 5.61. The zero-order chi connectivity index (χ0) is 26.8. The standard InChI is InChI=1S/C24H20F5N5O3/c1-34-20(33-37-22(34)36)17-6-3-2-5-16(17)15-10-8-14(9-11-15)13-31-19-18(7-4-12-30-19)32-21(35)23(25,26)24(27,28)29/h2-12,20,33H,13H2,1H3,(H,30,31)(H,32,35). The second kappa shape index (κ2) is 10.0. The number of aromatic nitrogens is 1. The van der Waals surface area contributed by atoms with E-state index in [9.17, 15) is 31.5 Å². The minimum atomic E-state index is -6.03. The fraction of sp³-hybridized carbons (Fsp3) is 0.208. The van der Waals surface area contributed by atoms with E-state index in [0.29, 0.717) is 0 Å². The van der Waals surface area contributed by atoms with E-state index in [1.165, 1.54) is 17.2 Å². The van der Waals surface area contributed by atoms with Crippen LogP contribution in [0, 0.1) is 0 Å². The Kier molecular flexibility index (Phi) is 6.99. The third-order valence-electron chi connectivity index (χ3n) is 5.61. The number of halogens is 5. The molecule has 194 valence electrons. The summed E-state index contributed by atoms with van der Waals surface area (Å²) in [4.78, 5) is 33.5. The smallest absolute Gasteiger partial charge is 0.364 e. The third kappa shape index (κ3) is 5.31. The summed E-state index contributed by atoms with van der Waals surface area (Å²) in [7, 11) is 1.61. The molecule has 1 aliphatic rings. The number of nitrogens with zero attached hydrogens (tertiary/aromatic N) is 2. The number of alkyl halides is 5. The van der Waals surface area contributed by atoms with Crippen LogP contribution < -0.4 is 16.1 Å². The lowest BCUT2D eigenvalue weighted by atomic mass is 9.97. The molecule has 1 saturated heterocycles. The number of hydroxylamine groups is 1. The molecule has 2 aromatic carbocycles. The van der Waals surface area contributed by atoms with E-state index in [0.717, 1.165) is 28.3 Å². The Morgan fingerprint density at radius 3 is 2.41 bits per heavy atom. The maximum Gasteiger partial charge on any atom is 0.463 e. The van der Waals surface area contributed by atoms with Crippen LogP contribution in [0.5, 0.6) is 0 Å². The molecule has 3 aromatic rings. The molecule has 2 amide bonds. The summed E-state index contributed by atoms with van der Waals surface area (Å²) in [6.45, 7) is 0.132. The molecular weight excluding hydrogens is 501 g/mol. The lowest BCUT2D eigenvalue weighted by Gasteiger charge is -2.20. The number of nitrogens with one attached hydrogen (secondary N) is 3. The molecule has 1 aromatic heterocycles. The second-order valence-electron chi connectivity index (χ2n) is 8.06. The van der Waals surface area contributed by atoms with Gasteiger partial charge in [0.2, 0.25) is 0 Å². The van der Waals surface area contributed by atoms with Gasteiger partial charge in [0.25, 0.3) is 0 Å². The van der Waals surface area contributed by atoms with Crippen LogP contribution in [-0.4, -0.2) is 41.0 Å². The molecule has 37 heavy (non-hydrogen) atoms. The summed E-state index contributed by atoms with van der Waals surface area (Å²) in [5.74, 6) is -8.15. The van der Waals surface area contributed by atoms with Gasteiger partial charge in [0.05, 0.1) is 5.69 Å². The average molecular weight is 521 g/mol. The van der Waals surface area contributed by atoms with E-state index in [-0.39, 0.29) is 18.1 Å². The van der Waals surface area contributed by atoms with Gasteiger partial charge in [-0.15, -0.1) is 5.48 Å². The first-order chi connectivity index (χ1) is 17.5. The van der Waals surface area contributed by atoms with Crippen molar-refractivity contribution in [2.45, 2.75) is 24.8 Å². The van der Waals surface area contributed by atoms with Crippen LogP contribution in [0.25, 0.3) is 11.1 Å². The molecule has 13 heteroatoms. The Morgan fingerprint density at radius 1 is 1.05 bits per heavy atom. The molecule has 3 N–H and O–H groups in total. The van der Waals surface area contributed by atoms with Crippen LogP contribution in [0.3, 0.4) is 0 Å². The van der Waals surface area contributed by atoms with Gasteiger partial charge in [-0.1, -0.05) is 48.5 Å². The zero-order valence-corrected chi connectivity index (χ0v) is 19.1. The molecule has 1 unspecified atom stereocenters. The van der Waals surface area contributed by atoms with Gasteiger partial charge in [-0.2, -0.15) is 22.0 Å². The number of carbonyl (C=O) groups is 2. The fourth-order valence-corrected chi connectivity index (χ4v) is 3.60. The van der Waals surface area contributed by atoms with Gasteiger partial charge in [0.15, 0.2) is 0 Å². The number of pyridine rings is 1. The monoisotopic (exact) mass is 521 g/mol. The summed E-state index contributed by atoms with van der Waals surface area (Å²) in [6.07, 6.45) is -5.72. The van der Waals surface area contributed by atoms with E-state index in [2.05, 4.69) is 15.8 Å². The van der Waals surface area contributed by atoms with E-state index in [1.54, 1.807) is 24.5 Å². The van der Waals surface area contributed by atoms with Crippen molar-refractivity contribution in [2.75, 3.05) is 17.7 Å². The van der Waals surface area contributed by atoms with Crippen molar-refractivity contribution >= 4 is 23.5 Å². The van der Waals surface area contributed by atoms with Gasteiger partial charge >= 0.3 is 24.1 Å². The van der Waals surface area contributed by atoms with Crippen LogP contribution in [0.15, 0.2) is 66.9 Å². The Bertz CT molecular complexity index is 1300. The molecule has 0 bridgehead atoms. The number of carbonyl (C=O) groups excluding carboxylic acids is 2. The number of hydrogen-bond donors (Lipinski definition) is 3. The highest BCUT2D eigenvalue weighted by atomic mass is 19.4. The van der Waals surface area contributed by atoms with Gasteiger partial charge in [-0.05, 0) is 28.8 Å². The van der Waals surface area contributed by atoms with E-state index in [4.69, 9.17) is 4.84 Å². The fourth-order valence-electron chi connectivity index (χ4n) is 3.60. The highest BCUT2D eigenvalue weighted by Gasteiger charge is 2.63. The van der Waals surface area contributed by atoms with Crippen LogP contribution >= 0.6 is 0 Å². The predicted molar refractivity (Wildman–Crippen MR) is 123 cm³/mol. The molecular formula is C24H20F5N5O3. The topological polar surface area (TPSA) is 95.6 Å². The van der Waals surface area contributed by atoms with Gasteiger partial charge in [-0.3, -0.25) is 9.69 Å². The molecule has 0 spiro atoms. The van der Waals surface area contributed by atoms with E-state index >= 15 is 0 Å². The van der Waals surface area contributed by atoms with Gasteiger partial charge in [0, 0.05) is 25.4 Å². The number of hydrogen-bond acceptors (Lipinski definition) is 6. The molecule has 1 aliphatic heterocycles. The highest BCUT2D eigenvalue weighted by molar-refractivity contribution is 5.98. The zero-order valence-electron chi connectivity index (χ0n) is 19.1. The summed E-state index contributed by atoms with van der Waals surface area (Å²) in [6, 6.07) is 17.1. The van der Waals surface area contributed by atoms with Gasteiger partial charge in [-0.25, -0.2) is 9.78 Å².